The van der Waals surface area contributed by atoms with Gasteiger partial charge < -0.3 is 10.2 Å². The zero-order valence-electron chi connectivity index (χ0n) is 9.68. The summed E-state index contributed by atoms with van der Waals surface area (Å²) in [6.45, 7) is 0. The Hall–Kier alpha value is -1.81. The van der Waals surface area contributed by atoms with Crippen LogP contribution < -0.4 is 10.2 Å². The number of hydrogen-bond acceptors (Lipinski definition) is 4. The van der Waals surface area contributed by atoms with Crippen molar-refractivity contribution in [3.8, 4) is 0 Å². The normalized spacial score (nSPS) is 10.1. The van der Waals surface area contributed by atoms with Crippen molar-refractivity contribution >= 4 is 28.9 Å². The quantitative estimate of drug-likeness (QED) is 0.907. The molecule has 5 heteroatoms. The number of benzene rings is 1. The van der Waals surface area contributed by atoms with E-state index in [9.17, 15) is 0 Å². The van der Waals surface area contributed by atoms with Crippen LogP contribution in [0, 0.1) is 0 Å². The highest BCUT2D eigenvalue weighted by atomic mass is 35.5. The van der Waals surface area contributed by atoms with Gasteiger partial charge >= 0.3 is 0 Å². The molecule has 0 spiro atoms. The van der Waals surface area contributed by atoms with E-state index in [-0.39, 0.29) is 0 Å². The molecular formula is C12H13ClN4. The Kier molecular flexibility index (Phi) is 3.44. The molecule has 4 nitrogen and oxygen atoms in total. The van der Waals surface area contributed by atoms with Gasteiger partial charge in [0.15, 0.2) is 0 Å². The minimum Gasteiger partial charge on any atom is -0.363 e. The Balaban J connectivity index is 2.18. The third-order valence-electron chi connectivity index (χ3n) is 2.23. The van der Waals surface area contributed by atoms with Gasteiger partial charge in [-0.15, -0.1) is 0 Å². The molecule has 88 valence electrons. The van der Waals surface area contributed by atoms with E-state index in [1.807, 2.05) is 49.3 Å². The van der Waals surface area contributed by atoms with E-state index < -0.39 is 0 Å². The van der Waals surface area contributed by atoms with Crippen LogP contribution >= 0.6 is 11.6 Å². The first-order valence-electron chi connectivity index (χ1n) is 5.17. The maximum absolute atomic E-state index is 5.82. The van der Waals surface area contributed by atoms with Crippen LogP contribution in [0.1, 0.15) is 0 Å². The molecule has 0 atom stereocenters. The fourth-order valence-corrected chi connectivity index (χ4v) is 1.47. The fraction of sp³-hybridized carbons (Fsp3) is 0.167. The van der Waals surface area contributed by atoms with Crippen LogP contribution in [0.2, 0.25) is 5.02 Å². The molecule has 2 rings (SSSR count). The molecule has 0 bridgehead atoms. The van der Waals surface area contributed by atoms with Crippen molar-refractivity contribution in [3.63, 3.8) is 0 Å². The lowest BCUT2D eigenvalue weighted by Crippen LogP contribution is -2.11. The van der Waals surface area contributed by atoms with Crippen molar-refractivity contribution in [2.45, 2.75) is 0 Å². The largest absolute Gasteiger partial charge is 0.363 e. The van der Waals surface area contributed by atoms with Gasteiger partial charge in [0, 0.05) is 30.9 Å². The van der Waals surface area contributed by atoms with Gasteiger partial charge in [0.25, 0.3) is 0 Å². The smallest absolute Gasteiger partial charge is 0.135 e. The fourth-order valence-electron chi connectivity index (χ4n) is 1.34. The monoisotopic (exact) mass is 248 g/mol. The van der Waals surface area contributed by atoms with Crippen molar-refractivity contribution in [1.29, 1.82) is 0 Å². The molecule has 1 heterocycles. The van der Waals surface area contributed by atoms with Gasteiger partial charge in [-0.05, 0) is 24.3 Å². The molecule has 1 N–H and O–H groups in total. The van der Waals surface area contributed by atoms with Crippen LogP contribution in [-0.4, -0.2) is 24.1 Å². The highest BCUT2D eigenvalue weighted by Crippen LogP contribution is 2.19. The van der Waals surface area contributed by atoms with Crippen LogP contribution in [0.5, 0.6) is 0 Å². The second-order valence-electron chi connectivity index (χ2n) is 3.79. The van der Waals surface area contributed by atoms with Gasteiger partial charge in [-0.25, -0.2) is 9.97 Å². The molecule has 1 aromatic heterocycles. The SMILES string of the molecule is CN(C)c1cc(Nc2ccc(Cl)cc2)ncn1. The van der Waals surface area contributed by atoms with Crippen molar-refractivity contribution in [3.05, 3.63) is 41.7 Å². The molecule has 0 fully saturated rings. The summed E-state index contributed by atoms with van der Waals surface area (Å²) in [6.07, 6.45) is 1.54. The number of halogens is 1. The lowest BCUT2D eigenvalue weighted by Gasteiger charge is -2.12. The topological polar surface area (TPSA) is 41.0 Å². The zero-order valence-corrected chi connectivity index (χ0v) is 10.4. The third-order valence-corrected chi connectivity index (χ3v) is 2.48. The average molecular weight is 249 g/mol. The van der Waals surface area contributed by atoms with E-state index in [1.165, 1.54) is 6.33 Å². The first-order chi connectivity index (χ1) is 8.15. The van der Waals surface area contributed by atoms with Gasteiger partial charge in [-0.1, -0.05) is 11.6 Å². The summed E-state index contributed by atoms with van der Waals surface area (Å²) in [7, 11) is 3.88. The van der Waals surface area contributed by atoms with Gasteiger partial charge in [0.05, 0.1) is 0 Å². The Morgan fingerprint density at radius 1 is 1.12 bits per heavy atom. The number of anilines is 3. The first-order valence-corrected chi connectivity index (χ1v) is 5.55. The molecule has 0 amide bonds. The Morgan fingerprint density at radius 3 is 2.47 bits per heavy atom. The van der Waals surface area contributed by atoms with Crippen molar-refractivity contribution in [1.82, 2.24) is 9.97 Å². The van der Waals surface area contributed by atoms with Crippen LogP contribution in [0.4, 0.5) is 17.3 Å². The summed E-state index contributed by atoms with van der Waals surface area (Å²) in [6, 6.07) is 9.35. The lowest BCUT2D eigenvalue weighted by atomic mass is 10.3. The Labute approximate surface area is 105 Å². The molecule has 17 heavy (non-hydrogen) atoms. The minimum atomic E-state index is 0.715. The lowest BCUT2D eigenvalue weighted by molar-refractivity contribution is 1.04. The number of hydrogen-bond donors (Lipinski definition) is 1. The Morgan fingerprint density at radius 2 is 1.82 bits per heavy atom. The minimum absolute atomic E-state index is 0.715. The molecule has 0 aliphatic rings. The molecule has 2 aromatic rings. The van der Waals surface area contributed by atoms with Crippen LogP contribution in [0.3, 0.4) is 0 Å². The maximum atomic E-state index is 5.82. The van der Waals surface area contributed by atoms with Gasteiger partial charge in [-0.2, -0.15) is 0 Å². The number of nitrogens with zero attached hydrogens (tertiary/aromatic N) is 3. The van der Waals surface area contributed by atoms with E-state index in [2.05, 4.69) is 15.3 Å². The van der Waals surface area contributed by atoms with Crippen LogP contribution in [0.15, 0.2) is 36.7 Å². The van der Waals surface area contributed by atoms with Crippen LogP contribution in [0.25, 0.3) is 0 Å². The number of aromatic nitrogens is 2. The van der Waals surface area contributed by atoms with Gasteiger partial charge in [0.2, 0.25) is 0 Å². The van der Waals surface area contributed by atoms with Gasteiger partial charge in [0.1, 0.15) is 18.0 Å². The molecule has 0 saturated heterocycles. The highest BCUT2D eigenvalue weighted by molar-refractivity contribution is 6.30. The summed E-state index contributed by atoms with van der Waals surface area (Å²) in [4.78, 5) is 10.2. The summed E-state index contributed by atoms with van der Waals surface area (Å²) in [5.41, 5.74) is 0.942. The summed E-state index contributed by atoms with van der Waals surface area (Å²) >= 11 is 5.82. The van der Waals surface area contributed by atoms with Crippen molar-refractivity contribution in [2.24, 2.45) is 0 Å². The summed E-state index contributed by atoms with van der Waals surface area (Å²) in [5.74, 6) is 1.61. The molecule has 0 aliphatic carbocycles. The predicted molar refractivity (Wildman–Crippen MR) is 71.1 cm³/mol. The molecule has 0 unspecified atom stereocenters. The van der Waals surface area contributed by atoms with Crippen LogP contribution in [-0.2, 0) is 0 Å². The number of rotatable bonds is 3. The Bertz CT molecular complexity index is 496. The first kappa shape index (κ1) is 11.7. The molecule has 0 aliphatic heterocycles. The maximum Gasteiger partial charge on any atom is 0.135 e. The van der Waals surface area contributed by atoms with E-state index >= 15 is 0 Å². The average Bonchev–Trinajstić information content (AvgIpc) is 2.32. The number of nitrogens with one attached hydrogen (secondary N) is 1. The summed E-state index contributed by atoms with van der Waals surface area (Å²) in [5, 5.41) is 3.90. The predicted octanol–water partition coefficient (Wildman–Crippen LogP) is 2.94. The van der Waals surface area contributed by atoms with E-state index in [0.717, 1.165) is 17.3 Å². The third kappa shape index (κ3) is 3.07. The second-order valence-corrected chi connectivity index (χ2v) is 4.22. The van der Waals surface area contributed by atoms with Gasteiger partial charge in [-0.3, -0.25) is 0 Å². The van der Waals surface area contributed by atoms with E-state index in [1.54, 1.807) is 0 Å². The van der Waals surface area contributed by atoms with Crippen molar-refractivity contribution in [2.75, 3.05) is 24.3 Å². The van der Waals surface area contributed by atoms with E-state index in [4.69, 9.17) is 11.6 Å². The zero-order chi connectivity index (χ0) is 12.3. The highest BCUT2D eigenvalue weighted by Gasteiger charge is 2.00. The molecule has 1 aromatic carbocycles. The van der Waals surface area contributed by atoms with E-state index in [0.29, 0.717) is 5.02 Å². The van der Waals surface area contributed by atoms with Crippen molar-refractivity contribution < 1.29 is 0 Å². The molecule has 0 saturated carbocycles. The standard InChI is InChI=1S/C12H13ClN4/c1-17(2)12-7-11(14-8-15-12)16-10-5-3-9(13)4-6-10/h3-8H,1-2H3,(H,14,15,16). The summed E-state index contributed by atoms with van der Waals surface area (Å²) < 4.78 is 0. The second kappa shape index (κ2) is 5.01. The molecule has 0 radical (unpaired) electrons. The molecular weight excluding hydrogens is 236 g/mol.